The fraction of sp³-hybridized carbons (Fsp3) is 0.217. The molecule has 25 heavy (non-hydrogen) atoms. The number of hydrogen-bond donors (Lipinski definition) is 2. The van der Waals surface area contributed by atoms with Crippen molar-refractivity contribution in [3.8, 4) is 0 Å². The van der Waals surface area contributed by atoms with Crippen LogP contribution in [0.1, 0.15) is 46.2 Å². The quantitative estimate of drug-likeness (QED) is 0.662. The average Bonchev–Trinajstić information content (AvgIpc) is 3.07. The highest BCUT2D eigenvalue weighted by Crippen LogP contribution is 2.78. The third kappa shape index (κ3) is 1.10. The van der Waals surface area contributed by atoms with Crippen molar-refractivity contribution in [2.75, 3.05) is 0 Å². The summed E-state index contributed by atoms with van der Waals surface area (Å²) in [6, 6.07) is 24.1. The number of fused-ring (bicyclic) bond motifs is 9. The number of hydrogen-bond acceptors (Lipinski definition) is 2. The number of benzene rings is 3. The minimum Gasteiger partial charge on any atom is -0.380 e. The molecule has 0 aliphatic heterocycles. The van der Waals surface area contributed by atoms with Crippen LogP contribution in [0.2, 0.25) is 0 Å². The molecule has 2 heteroatoms. The summed E-state index contributed by atoms with van der Waals surface area (Å²) < 4.78 is 0. The van der Waals surface area contributed by atoms with E-state index in [2.05, 4.69) is 19.1 Å². The Kier molecular flexibility index (Phi) is 2.14. The highest BCUT2D eigenvalue weighted by molar-refractivity contribution is 5.71. The molecule has 0 saturated carbocycles. The van der Waals surface area contributed by atoms with Gasteiger partial charge in [-0.05, 0) is 33.4 Å². The first-order valence-corrected chi connectivity index (χ1v) is 8.80. The van der Waals surface area contributed by atoms with Crippen LogP contribution in [-0.4, -0.2) is 10.2 Å². The van der Waals surface area contributed by atoms with Crippen LogP contribution in [0.4, 0.5) is 0 Å². The minimum atomic E-state index is -1.20. The summed E-state index contributed by atoms with van der Waals surface area (Å²) in [6.07, 6.45) is 0. The maximum atomic E-state index is 12.2. The van der Waals surface area contributed by atoms with Gasteiger partial charge in [-0.15, -0.1) is 0 Å². The monoisotopic (exact) mass is 326 g/mol. The molecule has 2 unspecified atom stereocenters. The molecule has 3 aliphatic rings. The van der Waals surface area contributed by atoms with Gasteiger partial charge in [0.05, 0.1) is 5.41 Å². The lowest BCUT2D eigenvalue weighted by Crippen LogP contribution is -2.48. The first-order chi connectivity index (χ1) is 12.1. The third-order valence-corrected chi connectivity index (χ3v) is 7.11. The van der Waals surface area contributed by atoms with Crippen molar-refractivity contribution < 1.29 is 10.2 Å². The van der Waals surface area contributed by atoms with Gasteiger partial charge in [-0.3, -0.25) is 0 Å². The van der Waals surface area contributed by atoms with Crippen LogP contribution in [0.15, 0.2) is 72.8 Å². The summed E-state index contributed by atoms with van der Waals surface area (Å²) in [5.41, 5.74) is 2.65. The van der Waals surface area contributed by atoms with E-state index >= 15 is 0 Å². The van der Waals surface area contributed by atoms with Crippen molar-refractivity contribution in [3.63, 3.8) is 0 Å². The van der Waals surface area contributed by atoms with Crippen molar-refractivity contribution in [1.82, 2.24) is 0 Å². The van der Waals surface area contributed by atoms with Crippen LogP contribution in [-0.2, 0) is 11.2 Å². The molecule has 2 nitrogen and oxygen atoms in total. The molecule has 0 radical (unpaired) electrons. The zero-order valence-corrected chi connectivity index (χ0v) is 13.9. The zero-order chi connectivity index (χ0) is 17.0. The molecule has 3 aromatic rings. The molecule has 122 valence electrons. The summed E-state index contributed by atoms with van der Waals surface area (Å²) in [4.78, 5) is 0. The SMILES string of the molecule is CC12C3c4ccccc4C1(O)c1ccccc1C2(O)c1ccccc13. The van der Waals surface area contributed by atoms with Crippen LogP contribution in [0.3, 0.4) is 0 Å². The van der Waals surface area contributed by atoms with Crippen molar-refractivity contribution in [3.05, 3.63) is 106 Å². The third-order valence-electron chi connectivity index (χ3n) is 7.11. The largest absolute Gasteiger partial charge is 0.380 e. The Hall–Kier alpha value is -2.42. The summed E-state index contributed by atoms with van der Waals surface area (Å²) in [5, 5.41) is 24.3. The van der Waals surface area contributed by atoms with E-state index in [1.807, 2.05) is 60.7 Å². The standard InChI is InChI=1S/C23H18O2/c1-21-20-14-8-2-4-10-16(14)22(21,24)18-12-6-7-13-19(18)23(21,25)17-11-5-3-9-15(17)20/h2-13,20,24-25H,1H3. The fourth-order valence-electron chi connectivity index (χ4n) is 6.15. The van der Waals surface area contributed by atoms with E-state index in [0.29, 0.717) is 0 Å². The molecule has 0 bridgehead atoms. The predicted octanol–water partition coefficient (Wildman–Crippen LogP) is 3.64. The van der Waals surface area contributed by atoms with Crippen LogP contribution in [0.25, 0.3) is 0 Å². The highest BCUT2D eigenvalue weighted by Gasteiger charge is 2.78. The minimum absolute atomic E-state index is 0.0256. The second-order valence-electron chi connectivity index (χ2n) is 7.78. The topological polar surface area (TPSA) is 40.5 Å². The molecule has 0 heterocycles. The van der Waals surface area contributed by atoms with E-state index in [1.54, 1.807) is 0 Å². The summed E-state index contributed by atoms with van der Waals surface area (Å²) in [6.45, 7) is 2.05. The molecule has 2 atom stereocenters. The first kappa shape index (κ1) is 13.8. The molecule has 6 rings (SSSR count). The van der Waals surface area contributed by atoms with Crippen molar-refractivity contribution in [2.24, 2.45) is 5.41 Å². The number of rotatable bonds is 0. The lowest BCUT2D eigenvalue weighted by molar-refractivity contribution is -0.123. The van der Waals surface area contributed by atoms with Gasteiger partial charge in [0.15, 0.2) is 0 Å². The lowest BCUT2D eigenvalue weighted by atomic mass is 9.65. The van der Waals surface area contributed by atoms with Gasteiger partial charge in [0.25, 0.3) is 0 Å². The van der Waals surface area contributed by atoms with E-state index < -0.39 is 16.6 Å². The average molecular weight is 326 g/mol. The molecule has 0 fully saturated rings. The Labute approximate surface area is 146 Å². The first-order valence-electron chi connectivity index (χ1n) is 8.80. The number of aliphatic hydroxyl groups is 2. The zero-order valence-electron chi connectivity index (χ0n) is 13.9. The summed E-state index contributed by atoms with van der Waals surface area (Å²) >= 11 is 0. The van der Waals surface area contributed by atoms with E-state index in [4.69, 9.17) is 0 Å². The Morgan fingerprint density at radius 2 is 0.960 bits per heavy atom. The lowest BCUT2D eigenvalue weighted by Gasteiger charge is -2.42. The van der Waals surface area contributed by atoms with Gasteiger partial charge < -0.3 is 10.2 Å². The van der Waals surface area contributed by atoms with Crippen molar-refractivity contribution in [1.29, 1.82) is 0 Å². The fourth-order valence-corrected chi connectivity index (χ4v) is 6.15. The Morgan fingerprint density at radius 1 is 0.600 bits per heavy atom. The molecule has 0 aromatic heterocycles. The molecule has 3 aliphatic carbocycles. The van der Waals surface area contributed by atoms with E-state index in [9.17, 15) is 10.2 Å². The van der Waals surface area contributed by atoms with Gasteiger partial charge in [0.2, 0.25) is 0 Å². The van der Waals surface area contributed by atoms with Crippen molar-refractivity contribution in [2.45, 2.75) is 24.0 Å². The van der Waals surface area contributed by atoms with Gasteiger partial charge in [0, 0.05) is 5.92 Å². The van der Waals surface area contributed by atoms with Gasteiger partial charge in [-0.1, -0.05) is 79.7 Å². The van der Waals surface area contributed by atoms with E-state index in [0.717, 1.165) is 33.4 Å². The van der Waals surface area contributed by atoms with Gasteiger partial charge in [-0.2, -0.15) is 0 Å². The molecular formula is C23H18O2. The molecule has 0 amide bonds. The highest BCUT2D eigenvalue weighted by atomic mass is 16.3. The van der Waals surface area contributed by atoms with Crippen LogP contribution < -0.4 is 0 Å². The summed E-state index contributed by atoms with van der Waals surface area (Å²) in [5.74, 6) is -0.0256. The Morgan fingerprint density at radius 3 is 1.40 bits per heavy atom. The van der Waals surface area contributed by atoms with Crippen molar-refractivity contribution >= 4 is 0 Å². The molecular weight excluding hydrogens is 308 g/mol. The maximum Gasteiger partial charge on any atom is 0.125 e. The van der Waals surface area contributed by atoms with E-state index in [-0.39, 0.29) is 5.92 Å². The molecule has 0 spiro atoms. The normalized spacial score (nSPS) is 35.9. The van der Waals surface area contributed by atoms with Gasteiger partial charge in [0.1, 0.15) is 11.2 Å². The second kappa shape index (κ2) is 3.87. The van der Waals surface area contributed by atoms with Crippen LogP contribution in [0.5, 0.6) is 0 Å². The Balaban J connectivity index is 1.89. The van der Waals surface area contributed by atoms with Crippen LogP contribution in [0, 0.1) is 5.41 Å². The molecule has 2 N–H and O–H groups in total. The smallest absolute Gasteiger partial charge is 0.125 e. The molecule has 3 aromatic carbocycles. The van der Waals surface area contributed by atoms with Gasteiger partial charge >= 0.3 is 0 Å². The van der Waals surface area contributed by atoms with Crippen LogP contribution >= 0.6 is 0 Å². The maximum absolute atomic E-state index is 12.2. The summed E-state index contributed by atoms with van der Waals surface area (Å²) in [7, 11) is 0. The van der Waals surface area contributed by atoms with E-state index in [1.165, 1.54) is 0 Å². The Bertz CT molecular complexity index is 988. The predicted molar refractivity (Wildman–Crippen MR) is 95.3 cm³/mol. The second-order valence-corrected chi connectivity index (χ2v) is 7.78. The molecule has 0 saturated heterocycles. The van der Waals surface area contributed by atoms with Gasteiger partial charge in [-0.25, -0.2) is 0 Å².